The Morgan fingerprint density at radius 1 is 1.32 bits per heavy atom. The molecule has 1 aliphatic carbocycles. The van der Waals surface area contributed by atoms with Gasteiger partial charge in [0.15, 0.2) is 5.96 Å². The van der Waals surface area contributed by atoms with E-state index in [-0.39, 0.29) is 35.9 Å². The van der Waals surface area contributed by atoms with Crippen LogP contribution < -0.4 is 5.32 Å². The largest absolute Gasteiger partial charge is 0.469 e. The van der Waals surface area contributed by atoms with Gasteiger partial charge < -0.3 is 15.0 Å². The highest BCUT2D eigenvalue weighted by molar-refractivity contribution is 14.0. The number of hydrogen-bond acceptors (Lipinski definition) is 3. The third-order valence-corrected chi connectivity index (χ3v) is 3.79. The maximum absolute atomic E-state index is 11.4. The second-order valence-electron chi connectivity index (χ2n) is 5.16. The number of carbonyl (C=O) groups excluding carboxylic acids is 1. The lowest BCUT2D eigenvalue weighted by molar-refractivity contribution is -0.146. The first-order chi connectivity index (χ1) is 8.74. The highest BCUT2D eigenvalue weighted by Crippen LogP contribution is 2.27. The summed E-state index contributed by atoms with van der Waals surface area (Å²) in [6.45, 7) is 2.79. The van der Waals surface area contributed by atoms with Crippen LogP contribution in [0, 0.1) is 11.8 Å². The zero-order valence-corrected chi connectivity index (χ0v) is 14.1. The molecule has 0 spiro atoms. The molecular weight excluding hydrogens is 357 g/mol. The molecule has 0 radical (unpaired) electrons. The Balaban J connectivity index is 0.00000180. The van der Waals surface area contributed by atoms with Crippen molar-refractivity contribution in [3.63, 3.8) is 0 Å². The highest BCUT2D eigenvalue weighted by atomic mass is 127. The van der Waals surface area contributed by atoms with Crippen molar-refractivity contribution in [3.05, 3.63) is 0 Å². The van der Waals surface area contributed by atoms with Gasteiger partial charge in [0, 0.05) is 26.7 Å². The summed E-state index contributed by atoms with van der Waals surface area (Å²) in [6, 6.07) is 0. The lowest BCUT2D eigenvalue weighted by Crippen LogP contribution is -2.47. The Morgan fingerprint density at radius 3 is 2.42 bits per heavy atom. The van der Waals surface area contributed by atoms with Crippen LogP contribution in [0.2, 0.25) is 0 Å². The predicted molar refractivity (Wildman–Crippen MR) is 85.8 cm³/mol. The van der Waals surface area contributed by atoms with Crippen LogP contribution in [0.4, 0.5) is 0 Å². The van der Waals surface area contributed by atoms with Gasteiger partial charge in [-0.2, -0.15) is 0 Å². The topological polar surface area (TPSA) is 53.9 Å². The number of aliphatic imine (C=N–C) groups is 1. The Morgan fingerprint density at radius 2 is 1.95 bits per heavy atom. The second kappa shape index (κ2) is 7.91. The van der Waals surface area contributed by atoms with E-state index in [1.807, 2.05) is 7.05 Å². The molecule has 2 fully saturated rings. The summed E-state index contributed by atoms with van der Waals surface area (Å²) < 4.78 is 4.80. The number of carbonyl (C=O) groups is 1. The van der Waals surface area contributed by atoms with Crippen LogP contribution in [0.25, 0.3) is 0 Å². The van der Waals surface area contributed by atoms with Gasteiger partial charge in [-0.1, -0.05) is 0 Å². The van der Waals surface area contributed by atoms with Crippen LogP contribution in [0.5, 0.6) is 0 Å². The summed E-state index contributed by atoms with van der Waals surface area (Å²) in [6.07, 6.45) is 4.40. The molecule has 0 bridgehead atoms. The summed E-state index contributed by atoms with van der Waals surface area (Å²) >= 11 is 0. The number of rotatable bonds is 3. The third-order valence-electron chi connectivity index (χ3n) is 3.79. The molecular formula is C13H24IN3O2. The first-order valence-corrected chi connectivity index (χ1v) is 6.78. The first kappa shape index (κ1) is 16.5. The van der Waals surface area contributed by atoms with Crippen LogP contribution in [-0.2, 0) is 9.53 Å². The molecule has 0 aromatic carbocycles. The number of guanidine groups is 1. The van der Waals surface area contributed by atoms with Crippen LogP contribution in [0.15, 0.2) is 4.99 Å². The predicted octanol–water partition coefficient (Wildman–Crippen LogP) is 1.47. The standard InChI is InChI=1S/C13H23N3O2.HI/c1-14-13(15-9-10-3-4-10)16-7-5-11(6-8-16)12(17)18-2;/h10-11H,3-9H2,1-2H3,(H,14,15);1H. The van der Waals surface area contributed by atoms with Gasteiger partial charge in [-0.25, -0.2) is 0 Å². The maximum atomic E-state index is 11.4. The van der Waals surface area contributed by atoms with Crippen LogP contribution in [-0.4, -0.2) is 50.6 Å². The minimum atomic E-state index is -0.0735. The molecule has 1 saturated heterocycles. The quantitative estimate of drug-likeness (QED) is 0.348. The molecule has 1 saturated carbocycles. The van der Waals surface area contributed by atoms with Gasteiger partial charge >= 0.3 is 5.97 Å². The number of halogens is 1. The van der Waals surface area contributed by atoms with Crippen LogP contribution in [0.1, 0.15) is 25.7 Å². The average molecular weight is 381 g/mol. The Labute approximate surface area is 132 Å². The summed E-state index contributed by atoms with van der Waals surface area (Å²) in [5.41, 5.74) is 0. The summed E-state index contributed by atoms with van der Waals surface area (Å²) in [5, 5.41) is 3.42. The zero-order valence-electron chi connectivity index (χ0n) is 11.7. The average Bonchev–Trinajstić information content (AvgIpc) is 3.23. The number of esters is 1. The summed E-state index contributed by atoms with van der Waals surface area (Å²) in [7, 11) is 3.28. The van der Waals surface area contributed by atoms with Crippen molar-refractivity contribution in [2.24, 2.45) is 16.8 Å². The van der Waals surface area contributed by atoms with Crippen molar-refractivity contribution in [2.45, 2.75) is 25.7 Å². The van der Waals surface area contributed by atoms with Gasteiger partial charge in [0.1, 0.15) is 0 Å². The first-order valence-electron chi connectivity index (χ1n) is 6.78. The smallest absolute Gasteiger partial charge is 0.308 e. The third kappa shape index (κ3) is 4.81. The lowest BCUT2D eigenvalue weighted by Gasteiger charge is -2.33. The molecule has 110 valence electrons. The van der Waals surface area contributed by atoms with Crippen molar-refractivity contribution < 1.29 is 9.53 Å². The minimum absolute atomic E-state index is 0. The number of hydrogen-bond donors (Lipinski definition) is 1. The molecule has 0 aromatic rings. The van der Waals surface area contributed by atoms with Gasteiger partial charge in [0.2, 0.25) is 0 Å². The number of likely N-dealkylation sites (tertiary alicyclic amines) is 1. The molecule has 1 heterocycles. The molecule has 0 amide bonds. The molecule has 0 unspecified atom stereocenters. The van der Waals surface area contributed by atoms with Crippen molar-refractivity contribution in [1.29, 1.82) is 0 Å². The van der Waals surface area contributed by atoms with E-state index in [2.05, 4.69) is 15.2 Å². The molecule has 0 aromatic heterocycles. The fourth-order valence-electron chi connectivity index (χ4n) is 2.38. The van der Waals surface area contributed by atoms with E-state index < -0.39 is 0 Å². The summed E-state index contributed by atoms with van der Waals surface area (Å²) in [5.74, 6) is 1.81. The Bertz CT molecular complexity index is 324. The monoisotopic (exact) mass is 381 g/mol. The number of nitrogens with zero attached hydrogens (tertiary/aromatic N) is 2. The van der Waals surface area contributed by atoms with Crippen molar-refractivity contribution in [1.82, 2.24) is 10.2 Å². The van der Waals surface area contributed by atoms with Gasteiger partial charge in [0.05, 0.1) is 13.0 Å². The molecule has 2 aliphatic rings. The van der Waals surface area contributed by atoms with E-state index in [0.717, 1.165) is 44.4 Å². The van der Waals surface area contributed by atoms with E-state index in [9.17, 15) is 4.79 Å². The molecule has 1 N–H and O–H groups in total. The maximum Gasteiger partial charge on any atom is 0.308 e. The highest BCUT2D eigenvalue weighted by Gasteiger charge is 2.28. The van der Waals surface area contributed by atoms with E-state index in [0.29, 0.717) is 0 Å². The van der Waals surface area contributed by atoms with Gasteiger partial charge in [0.25, 0.3) is 0 Å². The Hall–Kier alpha value is -0.530. The van der Waals surface area contributed by atoms with Crippen molar-refractivity contribution in [3.8, 4) is 0 Å². The number of methoxy groups -OCH3 is 1. The lowest BCUT2D eigenvalue weighted by atomic mass is 9.97. The van der Waals surface area contributed by atoms with E-state index in [1.54, 1.807) is 0 Å². The number of ether oxygens (including phenoxy) is 1. The molecule has 5 nitrogen and oxygen atoms in total. The van der Waals surface area contributed by atoms with E-state index in [4.69, 9.17) is 4.74 Å². The fourth-order valence-corrected chi connectivity index (χ4v) is 2.38. The number of piperidine rings is 1. The molecule has 1 aliphatic heterocycles. The normalized spacial score (nSPS) is 20.7. The zero-order chi connectivity index (χ0) is 13.0. The van der Waals surface area contributed by atoms with Gasteiger partial charge in [-0.05, 0) is 31.6 Å². The van der Waals surface area contributed by atoms with Gasteiger partial charge in [-0.3, -0.25) is 9.79 Å². The van der Waals surface area contributed by atoms with Crippen molar-refractivity contribution >= 4 is 35.9 Å². The molecule has 19 heavy (non-hydrogen) atoms. The van der Waals surface area contributed by atoms with E-state index >= 15 is 0 Å². The molecule has 6 heteroatoms. The van der Waals surface area contributed by atoms with E-state index in [1.165, 1.54) is 20.0 Å². The fraction of sp³-hybridized carbons (Fsp3) is 0.846. The second-order valence-corrected chi connectivity index (χ2v) is 5.16. The van der Waals surface area contributed by atoms with Crippen LogP contribution in [0.3, 0.4) is 0 Å². The SMILES string of the molecule is CN=C(NCC1CC1)N1CCC(C(=O)OC)CC1.I. The molecule has 2 rings (SSSR count). The Kier molecular flexibility index (Phi) is 6.88. The minimum Gasteiger partial charge on any atom is -0.469 e. The van der Waals surface area contributed by atoms with Crippen LogP contribution >= 0.6 is 24.0 Å². The summed E-state index contributed by atoms with van der Waals surface area (Å²) in [4.78, 5) is 18.0. The van der Waals surface area contributed by atoms with Gasteiger partial charge in [-0.15, -0.1) is 24.0 Å². The van der Waals surface area contributed by atoms with Crippen molar-refractivity contribution in [2.75, 3.05) is 33.8 Å². The number of nitrogens with one attached hydrogen (secondary N) is 1. The molecule has 0 atom stereocenters.